The Morgan fingerprint density at radius 3 is 2.65 bits per heavy atom. The molecule has 4 rings (SSSR count). The van der Waals surface area contributed by atoms with E-state index >= 15 is 0 Å². The highest BCUT2D eigenvalue weighted by Gasteiger charge is 2.34. The number of esters is 1. The second-order valence-corrected chi connectivity index (χ2v) is 10.8. The van der Waals surface area contributed by atoms with E-state index in [9.17, 15) is 19.2 Å². The molecular weight excluding hydrogens is 510 g/mol. The van der Waals surface area contributed by atoms with Crippen molar-refractivity contribution in [1.82, 2.24) is 26.1 Å². The van der Waals surface area contributed by atoms with Gasteiger partial charge in [-0.25, -0.2) is 5.43 Å². The number of ether oxygens (including phenoxy) is 1. The molecule has 10 nitrogen and oxygen atoms in total. The van der Waals surface area contributed by atoms with Crippen molar-refractivity contribution >= 4 is 40.5 Å². The number of aromatic nitrogens is 1. The van der Waals surface area contributed by atoms with Gasteiger partial charge in [0.25, 0.3) is 5.91 Å². The number of cyclic esters (lactones) is 1. The Morgan fingerprint density at radius 2 is 1.90 bits per heavy atom. The summed E-state index contributed by atoms with van der Waals surface area (Å²) in [6.07, 6.45) is 11.2. The summed E-state index contributed by atoms with van der Waals surface area (Å²) in [5.41, 5.74) is 3.41. The standard InChI is InChI=1S/C30H35N5O5/c1-6-8-24-26(36)32-18(2)27(37)35-14-7-9-25(34-35)28(38)40-19(3)20-10-11-21-17-31-23(16-22(21)15-20)12-13-30(4,5)29(39)33-24/h1,10-13,15-19,24-25,34H,7-9,14H2,2-5H3,(H,32,36)(H,33,39)/t18-,19+,24-,25-/m0/s1. The summed E-state index contributed by atoms with van der Waals surface area (Å²) >= 11 is 0. The highest BCUT2D eigenvalue weighted by Crippen LogP contribution is 2.25. The smallest absolute Gasteiger partial charge is 0.325 e. The second kappa shape index (κ2) is 11.9. The van der Waals surface area contributed by atoms with E-state index in [0.717, 1.165) is 16.3 Å². The van der Waals surface area contributed by atoms with Crippen molar-refractivity contribution in [2.75, 3.05) is 6.54 Å². The number of hydrogen-bond donors (Lipinski definition) is 3. The Bertz CT molecular complexity index is 1390. The number of nitrogens with zero attached hydrogens (tertiary/aromatic N) is 2. The van der Waals surface area contributed by atoms with Gasteiger partial charge in [-0.15, -0.1) is 12.3 Å². The van der Waals surface area contributed by atoms with Gasteiger partial charge in [-0.3, -0.25) is 29.2 Å². The summed E-state index contributed by atoms with van der Waals surface area (Å²) in [5.74, 6) is 0.546. The summed E-state index contributed by atoms with van der Waals surface area (Å²) in [5, 5.41) is 8.52. The maximum Gasteiger partial charge on any atom is 0.325 e. The highest BCUT2D eigenvalue weighted by atomic mass is 16.5. The number of pyridine rings is 1. The van der Waals surface area contributed by atoms with Crippen LogP contribution >= 0.6 is 0 Å². The quantitative estimate of drug-likeness (QED) is 0.371. The van der Waals surface area contributed by atoms with E-state index in [0.29, 0.717) is 25.1 Å². The molecule has 0 aliphatic carbocycles. The van der Waals surface area contributed by atoms with E-state index in [1.807, 2.05) is 24.3 Å². The lowest BCUT2D eigenvalue weighted by atomic mass is 9.90. The molecule has 0 unspecified atom stereocenters. The fourth-order valence-corrected chi connectivity index (χ4v) is 4.61. The molecule has 3 amide bonds. The predicted molar refractivity (Wildman–Crippen MR) is 150 cm³/mol. The van der Waals surface area contributed by atoms with Gasteiger partial charge >= 0.3 is 5.97 Å². The first-order valence-electron chi connectivity index (χ1n) is 13.4. The second-order valence-electron chi connectivity index (χ2n) is 10.8. The third kappa shape index (κ3) is 6.49. The number of carbonyl (C=O) groups is 4. The molecule has 1 aromatic carbocycles. The predicted octanol–water partition coefficient (Wildman–Crippen LogP) is 2.40. The van der Waals surface area contributed by atoms with Crippen LogP contribution in [0.15, 0.2) is 36.5 Å². The number of rotatable bonds is 1. The lowest BCUT2D eigenvalue weighted by molar-refractivity contribution is -0.157. The minimum Gasteiger partial charge on any atom is -0.457 e. The zero-order valence-corrected chi connectivity index (χ0v) is 23.2. The molecule has 40 heavy (non-hydrogen) atoms. The van der Waals surface area contributed by atoms with Crippen molar-refractivity contribution in [3.8, 4) is 12.3 Å². The van der Waals surface area contributed by atoms with E-state index in [1.165, 1.54) is 5.01 Å². The first kappa shape index (κ1) is 28.8. The van der Waals surface area contributed by atoms with Crippen LogP contribution in [0.1, 0.15) is 64.3 Å². The zero-order chi connectivity index (χ0) is 29.0. The average molecular weight is 546 g/mol. The fourth-order valence-electron chi connectivity index (χ4n) is 4.61. The topological polar surface area (TPSA) is 130 Å². The van der Waals surface area contributed by atoms with Crippen LogP contribution in [0.5, 0.6) is 0 Å². The zero-order valence-electron chi connectivity index (χ0n) is 23.2. The van der Waals surface area contributed by atoms with Gasteiger partial charge in [0.15, 0.2) is 0 Å². The molecule has 3 heterocycles. The van der Waals surface area contributed by atoms with Gasteiger partial charge < -0.3 is 15.4 Å². The molecule has 3 N–H and O–H groups in total. The molecule has 210 valence electrons. The van der Waals surface area contributed by atoms with Gasteiger partial charge in [-0.2, -0.15) is 0 Å². The number of terminal acetylenes is 1. The van der Waals surface area contributed by atoms with Gasteiger partial charge in [0.2, 0.25) is 11.8 Å². The molecule has 2 aliphatic rings. The van der Waals surface area contributed by atoms with Crippen LogP contribution < -0.4 is 16.1 Å². The molecule has 4 atom stereocenters. The third-order valence-corrected chi connectivity index (χ3v) is 7.19. The Hall–Kier alpha value is -4.23. The van der Waals surface area contributed by atoms with Gasteiger partial charge in [-0.05, 0) is 69.7 Å². The lowest BCUT2D eigenvalue weighted by Gasteiger charge is -2.35. The number of hydrazine groups is 1. The Labute approximate surface area is 233 Å². The summed E-state index contributed by atoms with van der Waals surface area (Å²) in [6, 6.07) is 4.96. The van der Waals surface area contributed by atoms with Gasteiger partial charge in [0.1, 0.15) is 24.2 Å². The van der Waals surface area contributed by atoms with Crippen LogP contribution in [0.2, 0.25) is 0 Å². The summed E-state index contributed by atoms with van der Waals surface area (Å²) in [6.45, 7) is 7.15. The van der Waals surface area contributed by atoms with Crippen molar-refractivity contribution < 1.29 is 23.9 Å². The summed E-state index contributed by atoms with van der Waals surface area (Å²) in [4.78, 5) is 56.9. The van der Waals surface area contributed by atoms with Crippen molar-refractivity contribution in [1.29, 1.82) is 0 Å². The molecule has 1 fully saturated rings. The summed E-state index contributed by atoms with van der Waals surface area (Å²) < 4.78 is 5.78. The molecule has 10 heteroatoms. The van der Waals surface area contributed by atoms with E-state index < -0.39 is 53.3 Å². The Kier molecular flexibility index (Phi) is 8.55. The number of amides is 3. The minimum atomic E-state index is -1.04. The molecule has 0 spiro atoms. The SMILES string of the molecule is C#CC[C@@H]1NC(=O)C(C)(C)C=Cc2cc3cc(ccc3cn2)[C@@H](C)OC(=O)[C@@H]2CCCN(N2)C(=O)[C@H](C)NC1=O. The molecule has 2 aromatic rings. The van der Waals surface area contributed by atoms with Crippen LogP contribution in [-0.4, -0.2) is 58.4 Å². The molecule has 2 aliphatic heterocycles. The number of carbonyl (C=O) groups excluding carboxylic acids is 4. The maximum atomic E-state index is 13.2. The van der Waals surface area contributed by atoms with Crippen molar-refractivity contribution in [2.24, 2.45) is 5.41 Å². The van der Waals surface area contributed by atoms with Crippen LogP contribution in [0, 0.1) is 17.8 Å². The van der Waals surface area contributed by atoms with E-state index in [2.05, 4.69) is 27.0 Å². The number of benzene rings is 1. The number of hydrogen-bond acceptors (Lipinski definition) is 7. The fraction of sp³-hybridized carbons (Fsp3) is 0.433. The summed E-state index contributed by atoms with van der Waals surface area (Å²) in [7, 11) is 0. The minimum absolute atomic E-state index is 0.0547. The van der Waals surface area contributed by atoms with Crippen molar-refractivity contribution in [3.63, 3.8) is 0 Å². The monoisotopic (exact) mass is 545 g/mol. The average Bonchev–Trinajstić information content (AvgIpc) is 2.94. The molecule has 0 radical (unpaired) electrons. The first-order chi connectivity index (χ1) is 19.0. The normalized spacial score (nSPS) is 26.0. The van der Waals surface area contributed by atoms with Gasteiger partial charge in [0, 0.05) is 24.5 Å². The number of fused-ring (bicyclic) bond motifs is 4. The van der Waals surface area contributed by atoms with Crippen LogP contribution in [0.25, 0.3) is 16.8 Å². The molecular formula is C30H35N5O5. The van der Waals surface area contributed by atoms with Gasteiger partial charge in [0.05, 0.1) is 11.1 Å². The van der Waals surface area contributed by atoms with E-state index in [1.54, 1.807) is 46.0 Å². The number of nitrogens with one attached hydrogen (secondary N) is 3. The van der Waals surface area contributed by atoms with E-state index in [-0.39, 0.29) is 6.42 Å². The maximum absolute atomic E-state index is 13.2. The Morgan fingerprint density at radius 1 is 1.12 bits per heavy atom. The van der Waals surface area contributed by atoms with Crippen LogP contribution in [-0.2, 0) is 23.9 Å². The highest BCUT2D eigenvalue weighted by molar-refractivity contribution is 5.94. The van der Waals surface area contributed by atoms with Crippen molar-refractivity contribution in [2.45, 2.75) is 71.2 Å². The third-order valence-electron chi connectivity index (χ3n) is 7.19. The molecule has 0 saturated carbocycles. The first-order valence-corrected chi connectivity index (χ1v) is 13.4. The molecule has 1 saturated heterocycles. The lowest BCUT2D eigenvalue weighted by Crippen LogP contribution is -2.60. The van der Waals surface area contributed by atoms with Crippen LogP contribution in [0.4, 0.5) is 0 Å². The van der Waals surface area contributed by atoms with Crippen LogP contribution in [0.3, 0.4) is 0 Å². The van der Waals surface area contributed by atoms with Crippen molar-refractivity contribution in [3.05, 3.63) is 47.8 Å². The molecule has 5 bridgehead atoms. The molecule has 1 aromatic heterocycles. The van der Waals surface area contributed by atoms with E-state index in [4.69, 9.17) is 11.2 Å². The largest absolute Gasteiger partial charge is 0.457 e. The Balaban J connectivity index is 1.70. The van der Waals surface area contributed by atoms with Gasteiger partial charge in [-0.1, -0.05) is 18.2 Å².